The summed E-state index contributed by atoms with van der Waals surface area (Å²) < 4.78 is 47.6. The zero-order valence-corrected chi connectivity index (χ0v) is 18.0. The van der Waals surface area contributed by atoms with Crippen molar-refractivity contribution in [1.82, 2.24) is 0 Å². The van der Waals surface area contributed by atoms with E-state index in [2.05, 4.69) is 17.4 Å². The van der Waals surface area contributed by atoms with Gasteiger partial charge in [-0.2, -0.15) is 8.42 Å². The second-order valence-electron chi connectivity index (χ2n) is 3.48. The van der Waals surface area contributed by atoms with Crippen LogP contribution < -0.4 is 0 Å². The van der Waals surface area contributed by atoms with Crippen molar-refractivity contribution < 1.29 is 50.0 Å². The summed E-state index contributed by atoms with van der Waals surface area (Å²) in [4.78, 5) is 28.8. The molecule has 0 aromatic rings. The molecule has 1 atom stereocenters. The minimum absolute atomic E-state index is 0.0864. The fourth-order valence-corrected chi connectivity index (χ4v) is 1.45. The maximum atomic E-state index is 10.6. The summed E-state index contributed by atoms with van der Waals surface area (Å²) in [6.45, 7) is 8.88. The van der Waals surface area contributed by atoms with Crippen molar-refractivity contribution in [2.24, 2.45) is 0 Å². The lowest BCUT2D eigenvalue weighted by atomic mass is 10.3. The zero-order valence-electron chi connectivity index (χ0n) is 16.3. The Morgan fingerprint density at radius 3 is 1.77 bits per heavy atom. The second kappa shape index (κ2) is 20.4. The van der Waals surface area contributed by atoms with Gasteiger partial charge in [-0.25, -0.2) is 8.75 Å². The molecule has 160 valence electrons. The van der Waals surface area contributed by atoms with Crippen LogP contribution in [0.2, 0.25) is 0 Å². The van der Waals surface area contributed by atoms with Crippen LogP contribution in [0.1, 0.15) is 47.5 Å². The normalized spacial score (nSPS) is 12.0. The van der Waals surface area contributed by atoms with E-state index in [0.29, 0.717) is 0 Å². The van der Waals surface area contributed by atoms with Crippen molar-refractivity contribution in [1.29, 1.82) is 0 Å². The molecule has 0 aliphatic heterocycles. The molecule has 0 saturated heterocycles. The molecule has 0 bridgehead atoms. The van der Waals surface area contributed by atoms with Gasteiger partial charge in [0.05, 0.1) is 26.7 Å². The van der Waals surface area contributed by atoms with Crippen molar-refractivity contribution in [3.63, 3.8) is 0 Å². The smallest absolute Gasteiger partial charge is 0.471 e. The third-order valence-corrected chi connectivity index (χ3v) is 3.52. The van der Waals surface area contributed by atoms with Crippen molar-refractivity contribution in [3.05, 3.63) is 0 Å². The first-order chi connectivity index (χ1) is 12.0. The Morgan fingerprint density at radius 2 is 1.46 bits per heavy atom. The average molecular weight is 426 g/mol. The molecule has 0 aromatic carbocycles. The summed E-state index contributed by atoms with van der Waals surface area (Å²) in [6, 6.07) is 0. The monoisotopic (exact) mass is 426 g/mol. The quantitative estimate of drug-likeness (QED) is 0.492. The summed E-state index contributed by atoms with van der Waals surface area (Å²) in [5.41, 5.74) is 0. The molecule has 0 saturated carbocycles. The first-order valence-electron chi connectivity index (χ1n) is 7.65. The van der Waals surface area contributed by atoms with Crippen LogP contribution in [-0.4, -0.2) is 57.6 Å². The number of carbonyl (C=O) groups excluding carboxylic acids is 1. The maximum absolute atomic E-state index is 10.6. The molecule has 26 heavy (non-hydrogen) atoms. The Kier molecular flexibility index (Phi) is 25.7. The largest absolute Gasteiger partial charge is 0.481 e. The lowest BCUT2D eigenvalue weighted by Gasteiger charge is -2.06. The van der Waals surface area contributed by atoms with Crippen LogP contribution in [0.25, 0.3) is 0 Å². The van der Waals surface area contributed by atoms with Crippen molar-refractivity contribution in [3.8, 4) is 0 Å². The number of hydrogen-bond acceptors (Lipinski definition) is 9. The van der Waals surface area contributed by atoms with E-state index < -0.39 is 30.8 Å². The van der Waals surface area contributed by atoms with E-state index in [1.54, 1.807) is 0 Å². The minimum Gasteiger partial charge on any atom is -0.481 e. The van der Waals surface area contributed by atoms with E-state index in [1.807, 2.05) is 27.7 Å². The van der Waals surface area contributed by atoms with Gasteiger partial charge in [0.1, 0.15) is 5.78 Å². The van der Waals surface area contributed by atoms with Crippen molar-refractivity contribution in [2.45, 2.75) is 47.5 Å². The van der Waals surface area contributed by atoms with Crippen molar-refractivity contribution in [2.75, 3.05) is 27.4 Å². The highest BCUT2D eigenvalue weighted by atomic mass is 32.3. The fourth-order valence-electron chi connectivity index (χ4n) is 0.637. The molecule has 0 radical (unpaired) electrons. The lowest BCUT2D eigenvalue weighted by molar-refractivity contribution is -0.137. The van der Waals surface area contributed by atoms with Gasteiger partial charge in [0.2, 0.25) is 0 Å². The van der Waals surface area contributed by atoms with E-state index in [4.69, 9.17) is 10.00 Å². The molecule has 0 fully saturated rings. The molecule has 2 N–H and O–H groups in total. The Morgan fingerprint density at radius 1 is 1.00 bits per heavy atom. The van der Waals surface area contributed by atoms with Crippen LogP contribution in [0, 0.1) is 0 Å². The molecule has 1 unspecified atom stereocenters. The maximum Gasteiger partial charge on any atom is 0.471 e. The number of carboxylic acids is 1. The Bertz CT molecular complexity index is 490. The zero-order chi connectivity index (χ0) is 21.8. The molecule has 0 amide bonds. The first-order valence-corrected chi connectivity index (χ1v) is 10.5. The number of rotatable bonds is 10. The number of aliphatic carboxylic acids is 1. The van der Waals surface area contributed by atoms with Gasteiger partial charge in [-0.05, 0) is 6.92 Å². The van der Waals surface area contributed by atoms with E-state index >= 15 is 0 Å². The number of phosphoric ester groups is 1. The molecule has 0 aromatic heterocycles. The highest BCUT2D eigenvalue weighted by Crippen LogP contribution is 2.41. The van der Waals surface area contributed by atoms with Gasteiger partial charge in [-0.3, -0.25) is 22.8 Å². The van der Waals surface area contributed by atoms with Crippen LogP contribution in [0.3, 0.4) is 0 Å². The highest BCUT2D eigenvalue weighted by Gasteiger charge is 2.17. The van der Waals surface area contributed by atoms with Gasteiger partial charge >= 0.3 is 24.2 Å². The van der Waals surface area contributed by atoms with Crippen LogP contribution in [0.5, 0.6) is 0 Å². The van der Waals surface area contributed by atoms with Gasteiger partial charge in [0.25, 0.3) is 0 Å². The molecule has 0 aliphatic rings. The third kappa shape index (κ3) is 30.9. The van der Waals surface area contributed by atoms with E-state index in [0.717, 1.165) is 14.2 Å². The lowest BCUT2D eigenvalue weighted by Crippen LogP contribution is -2.10. The SMILES string of the molecule is CC.CC.COP(=O)(O)OCCC(C)=O.COS(=O)(=O)OCCC(=O)O. The molecule has 0 heterocycles. The second-order valence-corrected chi connectivity index (χ2v) is 6.42. The van der Waals surface area contributed by atoms with Crippen molar-refractivity contribution >= 4 is 30.0 Å². The number of ketones is 1. The van der Waals surface area contributed by atoms with Gasteiger partial charge in [-0.1, -0.05) is 27.7 Å². The highest BCUT2D eigenvalue weighted by molar-refractivity contribution is 7.81. The molecule has 11 nitrogen and oxygen atoms in total. The molecular formula is C13H31O11PS. The predicted molar refractivity (Wildman–Crippen MR) is 94.9 cm³/mol. The van der Waals surface area contributed by atoms with E-state index in [-0.39, 0.29) is 25.2 Å². The van der Waals surface area contributed by atoms with Gasteiger partial charge in [0.15, 0.2) is 0 Å². The number of hydrogen-bond donors (Lipinski definition) is 2. The van der Waals surface area contributed by atoms with Gasteiger partial charge in [-0.15, -0.1) is 0 Å². The Labute approximate surface area is 155 Å². The predicted octanol–water partition coefficient (Wildman–Crippen LogP) is 2.15. The Balaban J connectivity index is -0.000000156. The van der Waals surface area contributed by atoms with Crippen LogP contribution in [-0.2, 0) is 42.0 Å². The molecular weight excluding hydrogens is 395 g/mol. The molecule has 13 heteroatoms. The number of carbonyl (C=O) groups is 2. The molecule has 0 spiro atoms. The number of Topliss-reactive ketones (excluding diaryl/α,β-unsaturated/α-hetero) is 1. The summed E-state index contributed by atoms with van der Waals surface area (Å²) >= 11 is 0. The minimum atomic E-state index is -3.98. The van der Waals surface area contributed by atoms with E-state index in [1.165, 1.54) is 6.92 Å². The van der Waals surface area contributed by atoms with Crippen LogP contribution >= 0.6 is 7.82 Å². The number of phosphoric acid groups is 1. The first kappa shape index (κ1) is 32.8. The molecule has 0 rings (SSSR count). The average Bonchev–Trinajstić information content (AvgIpc) is 2.58. The summed E-state index contributed by atoms with van der Waals surface area (Å²) in [7, 11) is -5.87. The van der Waals surface area contributed by atoms with Crippen LogP contribution in [0.15, 0.2) is 0 Å². The summed E-state index contributed by atoms with van der Waals surface area (Å²) in [6.07, 6.45) is -0.253. The fraction of sp³-hybridized carbons (Fsp3) is 0.846. The topological polar surface area (TPSA) is 163 Å². The molecule has 0 aliphatic carbocycles. The number of carboxylic acid groups (broad SMARTS) is 1. The Hall–Kier alpha value is -0.880. The summed E-state index contributed by atoms with van der Waals surface area (Å²) in [5, 5.41) is 8.07. The van der Waals surface area contributed by atoms with Gasteiger partial charge in [0, 0.05) is 13.5 Å². The summed E-state index contributed by atoms with van der Waals surface area (Å²) in [5.74, 6) is -1.22. The van der Waals surface area contributed by atoms with Gasteiger partial charge < -0.3 is 10.00 Å². The third-order valence-electron chi connectivity index (χ3n) is 1.69. The van der Waals surface area contributed by atoms with Crippen LogP contribution in [0.4, 0.5) is 0 Å². The standard InChI is InChI=1S/C5H11O5P.C4H8O6S.2C2H6/c1-5(6)3-4-10-11(7,8)9-2;1-9-11(7,8)10-3-2-4(5)6;2*1-2/h3-4H2,1-2H3,(H,7,8);2-3H2,1H3,(H,5,6);2*1-2H3. The van der Waals surface area contributed by atoms with E-state index in [9.17, 15) is 22.6 Å².